The van der Waals surface area contributed by atoms with E-state index in [2.05, 4.69) is 21.7 Å². The molecule has 0 unspecified atom stereocenters. The molecule has 0 aliphatic carbocycles. The van der Waals surface area contributed by atoms with Crippen LogP contribution in [0.4, 0.5) is 0 Å². The number of thiophene rings is 1. The van der Waals surface area contributed by atoms with Gasteiger partial charge in [-0.2, -0.15) is 11.3 Å². The summed E-state index contributed by atoms with van der Waals surface area (Å²) in [5.74, 6) is 0.307. The Morgan fingerprint density at radius 3 is 2.48 bits per heavy atom. The minimum absolute atomic E-state index is 0.189. The summed E-state index contributed by atoms with van der Waals surface area (Å²) < 4.78 is 0. The quantitative estimate of drug-likeness (QED) is 0.791. The predicted octanol–water partition coefficient (Wildman–Crippen LogP) is 4.42. The highest BCUT2D eigenvalue weighted by Gasteiger charge is 2.44. The molecule has 5 heteroatoms. The number of hydrogen-bond donors (Lipinski definition) is 0. The van der Waals surface area contributed by atoms with E-state index in [0.717, 1.165) is 49.6 Å². The first-order valence-electron chi connectivity index (χ1n) is 8.88. The van der Waals surface area contributed by atoms with Crippen molar-refractivity contribution < 1.29 is 4.79 Å². The Kier molecular flexibility index (Phi) is 4.85. The minimum atomic E-state index is 0.189. The van der Waals surface area contributed by atoms with E-state index in [1.807, 2.05) is 29.2 Å². The van der Waals surface area contributed by atoms with Gasteiger partial charge in [-0.05, 0) is 71.4 Å². The number of amides is 1. The molecular weight excluding hydrogens is 352 g/mol. The second kappa shape index (κ2) is 7.10. The Bertz CT molecular complexity index is 721. The summed E-state index contributed by atoms with van der Waals surface area (Å²) in [6.45, 7) is 4.84. The van der Waals surface area contributed by atoms with E-state index in [-0.39, 0.29) is 5.41 Å². The Morgan fingerprint density at radius 2 is 1.80 bits per heavy atom. The van der Waals surface area contributed by atoms with Crippen molar-refractivity contribution in [3.05, 3.63) is 57.2 Å². The van der Waals surface area contributed by atoms with Crippen molar-refractivity contribution >= 4 is 28.8 Å². The van der Waals surface area contributed by atoms with Gasteiger partial charge in [0.2, 0.25) is 5.91 Å². The van der Waals surface area contributed by atoms with Gasteiger partial charge in [0, 0.05) is 31.1 Å². The maximum Gasteiger partial charge on any atom is 0.223 e. The lowest BCUT2D eigenvalue weighted by Crippen LogP contribution is -2.41. The average molecular weight is 375 g/mol. The van der Waals surface area contributed by atoms with Crippen molar-refractivity contribution in [3.63, 3.8) is 0 Å². The molecule has 3 nitrogen and oxygen atoms in total. The average Bonchev–Trinajstić information content (AvgIpc) is 3.21. The lowest BCUT2D eigenvalue weighted by Gasteiger charge is -2.38. The fraction of sp³-hybridized carbons (Fsp3) is 0.450. The molecule has 25 heavy (non-hydrogen) atoms. The van der Waals surface area contributed by atoms with Crippen LogP contribution in [-0.2, 0) is 17.9 Å². The fourth-order valence-corrected chi connectivity index (χ4v) is 4.88. The Balaban J connectivity index is 1.34. The Hall–Kier alpha value is -1.36. The van der Waals surface area contributed by atoms with Crippen molar-refractivity contribution in [3.8, 4) is 0 Å². The van der Waals surface area contributed by atoms with Gasteiger partial charge in [-0.1, -0.05) is 23.7 Å². The van der Waals surface area contributed by atoms with Gasteiger partial charge in [-0.15, -0.1) is 0 Å². The molecule has 0 bridgehead atoms. The van der Waals surface area contributed by atoms with E-state index in [9.17, 15) is 4.79 Å². The lowest BCUT2D eigenvalue weighted by molar-refractivity contribution is -0.128. The third-order valence-electron chi connectivity index (χ3n) is 5.59. The molecule has 2 aliphatic heterocycles. The lowest BCUT2D eigenvalue weighted by atomic mass is 9.77. The zero-order valence-electron chi connectivity index (χ0n) is 14.3. The molecule has 3 heterocycles. The molecule has 0 radical (unpaired) electrons. The van der Waals surface area contributed by atoms with Gasteiger partial charge in [0.1, 0.15) is 0 Å². The maximum absolute atomic E-state index is 12.5. The van der Waals surface area contributed by atoms with Gasteiger partial charge >= 0.3 is 0 Å². The van der Waals surface area contributed by atoms with Crippen LogP contribution in [0.1, 0.15) is 30.4 Å². The van der Waals surface area contributed by atoms with E-state index in [0.29, 0.717) is 18.9 Å². The summed E-state index contributed by atoms with van der Waals surface area (Å²) in [6, 6.07) is 10.0. The van der Waals surface area contributed by atoms with Crippen molar-refractivity contribution in [1.29, 1.82) is 0 Å². The molecule has 1 aromatic heterocycles. The molecule has 2 saturated heterocycles. The number of hydrogen-bond acceptors (Lipinski definition) is 3. The molecule has 1 amide bonds. The maximum atomic E-state index is 12.5. The standard InChI is InChI=1S/C20H23ClN2OS/c21-18-3-1-16(2-4-18)13-23-15-20(11-19(23)24)6-8-22(9-7-20)12-17-5-10-25-14-17/h1-5,10,14H,6-9,11-13,15H2. The normalized spacial score (nSPS) is 20.5. The summed E-state index contributed by atoms with van der Waals surface area (Å²) in [5, 5.41) is 5.12. The third kappa shape index (κ3) is 3.91. The van der Waals surface area contributed by atoms with Crippen molar-refractivity contribution in [2.24, 2.45) is 5.41 Å². The van der Waals surface area contributed by atoms with Gasteiger partial charge < -0.3 is 4.90 Å². The third-order valence-corrected chi connectivity index (χ3v) is 6.58. The van der Waals surface area contributed by atoms with Crippen molar-refractivity contribution in [2.75, 3.05) is 19.6 Å². The monoisotopic (exact) mass is 374 g/mol. The van der Waals surface area contributed by atoms with Crippen molar-refractivity contribution in [1.82, 2.24) is 9.80 Å². The van der Waals surface area contributed by atoms with Crippen LogP contribution >= 0.6 is 22.9 Å². The summed E-state index contributed by atoms with van der Waals surface area (Å²) in [5.41, 5.74) is 2.76. The molecule has 132 valence electrons. The molecule has 0 saturated carbocycles. The second-order valence-electron chi connectivity index (χ2n) is 7.46. The van der Waals surface area contributed by atoms with Crippen LogP contribution < -0.4 is 0 Å². The minimum Gasteiger partial charge on any atom is -0.338 e. The van der Waals surface area contributed by atoms with Gasteiger partial charge in [0.05, 0.1) is 0 Å². The number of benzene rings is 1. The van der Waals surface area contributed by atoms with Crippen LogP contribution in [0.5, 0.6) is 0 Å². The van der Waals surface area contributed by atoms with Crippen LogP contribution in [-0.4, -0.2) is 35.3 Å². The molecule has 1 aromatic carbocycles. The molecule has 2 fully saturated rings. The topological polar surface area (TPSA) is 23.6 Å². The van der Waals surface area contributed by atoms with E-state index in [1.54, 1.807) is 11.3 Å². The molecule has 0 N–H and O–H groups in total. The molecule has 1 spiro atoms. The van der Waals surface area contributed by atoms with Crippen LogP contribution in [0, 0.1) is 5.41 Å². The highest BCUT2D eigenvalue weighted by Crippen LogP contribution is 2.41. The number of rotatable bonds is 4. The molecule has 0 atom stereocenters. The number of piperidine rings is 1. The summed E-state index contributed by atoms with van der Waals surface area (Å²) >= 11 is 7.72. The highest BCUT2D eigenvalue weighted by molar-refractivity contribution is 7.07. The smallest absolute Gasteiger partial charge is 0.223 e. The van der Waals surface area contributed by atoms with E-state index in [4.69, 9.17) is 11.6 Å². The first-order valence-corrected chi connectivity index (χ1v) is 10.2. The highest BCUT2D eigenvalue weighted by atomic mass is 35.5. The number of carbonyl (C=O) groups is 1. The van der Waals surface area contributed by atoms with E-state index >= 15 is 0 Å². The van der Waals surface area contributed by atoms with Crippen LogP contribution in [0.25, 0.3) is 0 Å². The Labute approximate surface area is 158 Å². The summed E-state index contributed by atoms with van der Waals surface area (Å²) in [6.07, 6.45) is 2.97. The molecule has 4 rings (SSSR count). The number of halogens is 1. The molecular formula is C20H23ClN2OS. The largest absolute Gasteiger partial charge is 0.338 e. The SMILES string of the molecule is O=C1CC2(CCN(Cc3ccsc3)CC2)CN1Cc1ccc(Cl)cc1. The zero-order chi connectivity index (χ0) is 17.3. The summed E-state index contributed by atoms with van der Waals surface area (Å²) in [7, 11) is 0. The fourth-order valence-electron chi connectivity index (χ4n) is 4.10. The summed E-state index contributed by atoms with van der Waals surface area (Å²) in [4.78, 5) is 17.1. The van der Waals surface area contributed by atoms with Gasteiger partial charge in [-0.25, -0.2) is 0 Å². The predicted molar refractivity (Wildman–Crippen MR) is 103 cm³/mol. The van der Waals surface area contributed by atoms with Crippen LogP contribution in [0.3, 0.4) is 0 Å². The first kappa shape index (κ1) is 17.1. The van der Waals surface area contributed by atoms with Gasteiger partial charge in [-0.3, -0.25) is 9.69 Å². The zero-order valence-corrected chi connectivity index (χ0v) is 15.9. The van der Waals surface area contributed by atoms with Gasteiger partial charge in [0.25, 0.3) is 0 Å². The van der Waals surface area contributed by atoms with Crippen LogP contribution in [0.2, 0.25) is 5.02 Å². The van der Waals surface area contributed by atoms with Gasteiger partial charge in [0.15, 0.2) is 0 Å². The second-order valence-corrected chi connectivity index (χ2v) is 8.68. The van der Waals surface area contributed by atoms with Crippen LogP contribution in [0.15, 0.2) is 41.1 Å². The van der Waals surface area contributed by atoms with E-state index in [1.165, 1.54) is 5.56 Å². The number of nitrogens with zero attached hydrogens (tertiary/aromatic N) is 2. The number of carbonyl (C=O) groups excluding carboxylic acids is 1. The van der Waals surface area contributed by atoms with Crippen molar-refractivity contribution in [2.45, 2.75) is 32.4 Å². The Morgan fingerprint density at radius 1 is 1.04 bits per heavy atom. The first-order chi connectivity index (χ1) is 12.1. The molecule has 2 aromatic rings. The number of likely N-dealkylation sites (tertiary alicyclic amines) is 2. The molecule has 2 aliphatic rings. The van der Waals surface area contributed by atoms with E-state index < -0.39 is 0 Å².